The molecule has 9 heteroatoms. The summed E-state index contributed by atoms with van der Waals surface area (Å²) in [4.78, 5) is 8.60. The fraction of sp³-hybridized carbons (Fsp3) is 0.586. The number of ether oxygens (including phenoxy) is 3. The summed E-state index contributed by atoms with van der Waals surface area (Å²) >= 11 is 0. The maximum absolute atomic E-state index is 13.6. The molecule has 0 amide bonds. The van der Waals surface area contributed by atoms with Crippen molar-refractivity contribution in [2.75, 3.05) is 0 Å². The summed E-state index contributed by atoms with van der Waals surface area (Å²) in [7, 11) is -2.01. The molecule has 0 radical (unpaired) electrons. The number of hydrogen-bond donors (Lipinski definition) is 0. The van der Waals surface area contributed by atoms with Gasteiger partial charge in [0.05, 0.1) is 11.8 Å². The summed E-state index contributed by atoms with van der Waals surface area (Å²) in [6.45, 7) is 9.99. The summed E-state index contributed by atoms with van der Waals surface area (Å²) in [5.74, 6) is -0.766. The molecule has 2 aliphatic heterocycles. The SMILES string of the molecule is CC[Si](CC)(CC)O[C@H](c1ccc2c(c1)CC2)[C@H]1O[C@@H](n2ccc3c(CF)ncnc32)[C@@H]2OC(C)(C)O[C@@H]21. The molecule has 3 aliphatic rings. The van der Waals surface area contributed by atoms with Gasteiger partial charge in [-0.2, -0.15) is 0 Å². The Morgan fingerprint density at radius 3 is 2.45 bits per heavy atom. The molecular formula is C29H38FN3O4Si. The van der Waals surface area contributed by atoms with E-state index in [0.29, 0.717) is 16.7 Å². The third-order valence-corrected chi connectivity index (χ3v) is 13.5. The van der Waals surface area contributed by atoms with E-state index in [1.165, 1.54) is 17.5 Å². The van der Waals surface area contributed by atoms with E-state index in [0.717, 1.165) is 36.5 Å². The number of hydrogen-bond acceptors (Lipinski definition) is 6. The van der Waals surface area contributed by atoms with Gasteiger partial charge in [-0.05, 0) is 67.6 Å². The van der Waals surface area contributed by atoms with Gasteiger partial charge in [0.15, 0.2) is 20.3 Å². The van der Waals surface area contributed by atoms with Crippen LogP contribution >= 0.6 is 0 Å². The number of alkyl halides is 1. The van der Waals surface area contributed by atoms with Gasteiger partial charge in [-0.15, -0.1) is 0 Å². The summed E-state index contributed by atoms with van der Waals surface area (Å²) in [6, 6.07) is 11.7. The molecule has 0 saturated carbocycles. The Labute approximate surface area is 224 Å². The molecule has 4 heterocycles. The quantitative estimate of drug-likeness (QED) is 0.303. The molecule has 1 aromatic carbocycles. The van der Waals surface area contributed by atoms with Crippen molar-refractivity contribution in [3.05, 3.63) is 59.2 Å². The van der Waals surface area contributed by atoms with Crippen LogP contribution < -0.4 is 0 Å². The fourth-order valence-corrected chi connectivity index (χ4v) is 9.21. The molecule has 2 saturated heterocycles. The molecule has 0 N–H and O–H groups in total. The van der Waals surface area contributed by atoms with Gasteiger partial charge in [-0.3, -0.25) is 0 Å². The van der Waals surface area contributed by atoms with Crippen molar-refractivity contribution in [2.24, 2.45) is 0 Å². The summed E-state index contributed by atoms with van der Waals surface area (Å²) in [6.07, 6.45) is 3.70. The van der Waals surface area contributed by atoms with E-state index in [-0.39, 0.29) is 24.4 Å². The first-order chi connectivity index (χ1) is 18.3. The van der Waals surface area contributed by atoms with Gasteiger partial charge in [-0.25, -0.2) is 14.4 Å². The molecule has 0 unspecified atom stereocenters. The maximum atomic E-state index is 13.6. The molecule has 2 fully saturated rings. The number of halogens is 1. The van der Waals surface area contributed by atoms with E-state index < -0.39 is 27.0 Å². The number of benzene rings is 1. The van der Waals surface area contributed by atoms with Crippen LogP contribution in [0.2, 0.25) is 18.1 Å². The monoisotopic (exact) mass is 539 g/mol. The standard InChI is InChI=1S/C29H38FN3O4Si/c1-6-38(7-2,8-3)37-23(20-12-10-18-9-11-19(18)15-20)24-25-26(36-29(4,5)35-25)28(34-24)33-14-13-21-22(16-30)31-17-32-27(21)33/h10,12-15,17,23-26,28H,6-9,11,16H2,1-5H3/t23-,24-,25-,26-,28-/m1/s1. The molecule has 2 aromatic heterocycles. The predicted molar refractivity (Wildman–Crippen MR) is 145 cm³/mol. The predicted octanol–water partition coefficient (Wildman–Crippen LogP) is 6.18. The van der Waals surface area contributed by atoms with Crippen LogP contribution in [0.1, 0.15) is 69.3 Å². The lowest BCUT2D eigenvalue weighted by Crippen LogP contribution is -2.43. The van der Waals surface area contributed by atoms with Gasteiger partial charge in [0.25, 0.3) is 0 Å². The van der Waals surface area contributed by atoms with E-state index in [1.807, 2.05) is 30.7 Å². The Hall–Kier alpha value is -2.17. The van der Waals surface area contributed by atoms with Crippen molar-refractivity contribution in [1.82, 2.24) is 14.5 Å². The van der Waals surface area contributed by atoms with Crippen molar-refractivity contribution in [2.45, 2.75) is 109 Å². The molecule has 204 valence electrons. The second-order valence-electron chi connectivity index (χ2n) is 11.3. The van der Waals surface area contributed by atoms with Crippen molar-refractivity contribution in [3.63, 3.8) is 0 Å². The number of fused-ring (bicyclic) bond motifs is 3. The van der Waals surface area contributed by atoms with Crippen molar-refractivity contribution in [1.29, 1.82) is 0 Å². The summed E-state index contributed by atoms with van der Waals surface area (Å²) in [5.41, 5.74) is 4.96. The van der Waals surface area contributed by atoms with Gasteiger partial charge in [0.1, 0.15) is 37.0 Å². The first-order valence-corrected chi connectivity index (χ1v) is 16.5. The van der Waals surface area contributed by atoms with Gasteiger partial charge >= 0.3 is 0 Å². The van der Waals surface area contributed by atoms with Crippen LogP contribution in [-0.2, 0) is 38.2 Å². The normalized spacial score (nSPS) is 26.8. The van der Waals surface area contributed by atoms with Gasteiger partial charge in [-0.1, -0.05) is 39.0 Å². The van der Waals surface area contributed by atoms with Crippen LogP contribution in [0, 0.1) is 0 Å². The van der Waals surface area contributed by atoms with Crippen LogP contribution in [0.4, 0.5) is 4.39 Å². The minimum atomic E-state index is -2.01. The molecule has 0 spiro atoms. The Bertz CT molecular complexity index is 1320. The molecule has 0 bridgehead atoms. The Kier molecular flexibility index (Phi) is 6.71. The lowest BCUT2D eigenvalue weighted by molar-refractivity contribution is -0.206. The van der Waals surface area contributed by atoms with E-state index >= 15 is 0 Å². The highest BCUT2D eigenvalue weighted by atomic mass is 28.4. The first kappa shape index (κ1) is 26.1. The number of nitrogens with zero attached hydrogens (tertiary/aromatic N) is 3. The van der Waals surface area contributed by atoms with Gasteiger partial charge in [0, 0.05) is 11.6 Å². The van der Waals surface area contributed by atoms with Crippen LogP contribution in [0.15, 0.2) is 36.8 Å². The number of rotatable bonds is 9. The molecule has 1 aliphatic carbocycles. The van der Waals surface area contributed by atoms with Gasteiger partial charge < -0.3 is 23.2 Å². The van der Waals surface area contributed by atoms with Crippen LogP contribution in [0.5, 0.6) is 0 Å². The zero-order valence-corrected chi connectivity index (χ0v) is 23.9. The molecule has 3 aromatic rings. The summed E-state index contributed by atoms with van der Waals surface area (Å²) < 4.78 is 42.7. The highest BCUT2D eigenvalue weighted by Gasteiger charge is 2.59. The zero-order valence-electron chi connectivity index (χ0n) is 22.9. The number of aromatic nitrogens is 3. The molecule has 38 heavy (non-hydrogen) atoms. The molecule has 7 nitrogen and oxygen atoms in total. The van der Waals surface area contributed by atoms with E-state index in [4.69, 9.17) is 18.6 Å². The first-order valence-electron chi connectivity index (χ1n) is 14.0. The average Bonchev–Trinajstić information content (AvgIpc) is 3.57. The van der Waals surface area contributed by atoms with Crippen LogP contribution in [0.3, 0.4) is 0 Å². The third kappa shape index (κ3) is 4.23. The molecule has 5 atom stereocenters. The lowest BCUT2D eigenvalue weighted by atomic mass is 9.85. The van der Waals surface area contributed by atoms with Crippen molar-refractivity contribution < 1.29 is 23.0 Å². The Balaban J connectivity index is 1.43. The van der Waals surface area contributed by atoms with Crippen molar-refractivity contribution >= 4 is 19.4 Å². The highest BCUT2D eigenvalue weighted by molar-refractivity contribution is 6.73. The topological polar surface area (TPSA) is 67.6 Å². The van der Waals surface area contributed by atoms with E-state index in [9.17, 15) is 4.39 Å². The minimum Gasteiger partial charge on any atom is -0.407 e. The largest absolute Gasteiger partial charge is 0.407 e. The second kappa shape index (κ2) is 9.78. The van der Waals surface area contributed by atoms with E-state index in [1.54, 1.807) is 0 Å². The highest BCUT2D eigenvalue weighted by Crippen LogP contribution is 2.49. The Morgan fingerprint density at radius 2 is 1.79 bits per heavy atom. The van der Waals surface area contributed by atoms with Gasteiger partial charge in [0.2, 0.25) is 0 Å². The zero-order chi connectivity index (χ0) is 26.7. The second-order valence-corrected chi connectivity index (χ2v) is 16.0. The van der Waals surface area contributed by atoms with Crippen LogP contribution in [-0.4, -0.2) is 47.0 Å². The summed E-state index contributed by atoms with van der Waals surface area (Å²) in [5, 5.41) is 0.682. The molecular weight excluding hydrogens is 501 g/mol. The van der Waals surface area contributed by atoms with Crippen molar-refractivity contribution in [3.8, 4) is 0 Å². The molecule has 6 rings (SSSR count). The minimum absolute atomic E-state index is 0.278. The average molecular weight is 540 g/mol. The Morgan fingerprint density at radius 1 is 1.05 bits per heavy atom. The number of aryl methyl sites for hydroxylation is 2. The van der Waals surface area contributed by atoms with Crippen LogP contribution in [0.25, 0.3) is 11.0 Å². The maximum Gasteiger partial charge on any atom is 0.193 e. The third-order valence-electron chi connectivity index (χ3n) is 8.89. The smallest absolute Gasteiger partial charge is 0.193 e. The van der Waals surface area contributed by atoms with E-state index in [2.05, 4.69) is 48.9 Å². The lowest BCUT2D eigenvalue weighted by Gasteiger charge is -2.38. The fourth-order valence-electron chi connectivity index (χ4n) is 6.40.